The first kappa shape index (κ1) is 17.3. The van der Waals surface area contributed by atoms with Gasteiger partial charge in [-0.25, -0.2) is 4.79 Å². The number of ether oxygens (including phenoxy) is 3. The standard InChI is InChI=1S/C17H23NO5/c1-12-5-6-14(8-13(12)2)22-11-17(20)23-10-16(19)18-9-15-4-3-7-21-15/h5-6,8,15H,3-4,7,9-11H2,1-2H3,(H,18,19)/t15-/m1/s1. The predicted molar refractivity (Wildman–Crippen MR) is 84.4 cm³/mol. The molecule has 1 amide bonds. The fourth-order valence-electron chi connectivity index (χ4n) is 2.22. The highest BCUT2D eigenvalue weighted by atomic mass is 16.6. The van der Waals surface area contributed by atoms with E-state index in [4.69, 9.17) is 14.2 Å². The Bertz CT molecular complexity index is 552. The van der Waals surface area contributed by atoms with Gasteiger partial charge in [0.15, 0.2) is 13.2 Å². The number of hydrogen-bond donors (Lipinski definition) is 1. The molecule has 0 aliphatic carbocycles. The van der Waals surface area contributed by atoms with Crippen LogP contribution in [0.1, 0.15) is 24.0 Å². The van der Waals surface area contributed by atoms with Crippen LogP contribution >= 0.6 is 0 Å². The SMILES string of the molecule is Cc1ccc(OCC(=O)OCC(=O)NC[C@H]2CCCO2)cc1C. The summed E-state index contributed by atoms with van der Waals surface area (Å²) in [5.41, 5.74) is 2.24. The topological polar surface area (TPSA) is 73.9 Å². The summed E-state index contributed by atoms with van der Waals surface area (Å²) in [6, 6.07) is 5.58. The Kier molecular flexibility index (Phi) is 6.40. The van der Waals surface area contributed by atoms with Crippen molar-refractivity contribution in [3.05, 3.63) is 29.3 Å². The number of benzene rings is 1. The Labute approximate surface area is 136 Å². The minimum atomic E-state index is -0.574. The Hall–Kier alpha value is -2.08. The predicted octanol–water partition coefficient (Wildman–Crippen LogP) is 1.52. The van der Waals surface area contributed by atoms with Crippen molar-refractivity contribution in [3.8, 4) is 5.75 Å². The molecule has 1 fully saturated rings. The molecule has 1 aromatic rings. The van der Waals surface area contributed by atoms with E-state index >= 15 is 0 Å². The van der Waals surface area contributed by atoms with Crippen molar-refractivity contribution in [1.29, 1.82) is 0 Å². The molecule has 0 radical (unpaired) electrons. The molecule has 1 heterocycles. The zero-order chi connectivity index (χ0) is 16.7. The monoisotopic (exact) mass is 321 g/mol. The van der Waals surface area contributed by atoms with Crippen LogP contribution in [0.25, 0.3) is 0 Å². The van der Waals surface area contributed by atoms with Crippen LogP contribution < -0.4 is 10.1 Å². The lowest BCUT2D eigenvalue weighted by atomic mass is 10.1. The lowest BCUT2D eigenvalue weighted by Gasteiger charge is -2.11. The zero-order valence-corrected chi connectivity index (χ0v) is 13.6. The molecule has 1 aromatic carbocycles. The summed E-state index contributed by atoms with van der Waals surface area (Å²) in [5.74, 6) is -0.302. The number of nitrogens with one attached hydrogen (secondary N) is 1. The lowest BCUT2D eigenvalue weighted by Crippen LogP contribution is -2.35. The molecule has 1 saturated heterocycles. The second-order valence-corrected chi connectivity index (χ2v) is 5.63. The lowest BCUT2D eigenvalue weighted by molar-refractivity contribution is -0.150. The first-order valence-corrected chi connectivity index (χ1v) is 7.78. The highest BCUT2D eigenvalue weighted by Gasteiger charge is 2.16. The maximum atomic E-state index is 11.6. The van der Waals surface area contributed by atoms with Crippen LogP contribution in [0.15, 0.2) is 18.2 Å². The van der Waals surface area contributed by atoms with Crippen LogP contribution in [-0.4, -0.2) is 44.3 Å². The molecule has 0 aromatic heterocycles. The third-order valence-electron chi connectivity index (χ3n) is 3.75. The van der Waals surface area contributed by atoms with Crippen molar-refractivity contribution < 1.29 is 23.8 Å². The number of rotatable bonds is 7. The van der Waals surface area contributed by atoms with E-state index in [1.807, 2.05) is 26.0 Å². The van der Waals surface area contributed by atoms with Gasteiger partial charge >= 0.3 is 5.97 Å². The van der Waals surface area contributed by atoms with Gasteiger partial charge in [0, 0.05) is 13.2 Å². The van der Waals surface area contributed by atoms with E-state index in [1.54, 1.807) is 6.07 Å². The molecular weight excluding hydrogens is 298 g/mol. The molecule has 23 heavy (non-hydrogen) atoms. The molecule has 1 atom stereocenters. The van der Waals surface area contributed by atoms with Gasteiger partial charge < -0.3 is 19.5 Å². The first-order valence-electron chi connectivity index (χ1n) is 7.78. The molecule has 6 heteroatoms. The van der Waals surface area contributed by atoms with Crippen molar-refractivity contribution in [1.82, 2.24) is 5.32 Å². The Morgan fingerprint density at radius 3 is 2.78 bits per heavy atom. The smallest absolute Gasteiger partial charge is 0.344 e. The van der Waals surface area contributed by atoms with Crippen LogP contribution in [-0.2, 0) is 19.1 Å². The van der Waals surface area contributed by atoms with Crippen LogP contribution in [0, 0.1) is 13.8 Å². The number of esters is 1. The molecule has 126 valence electrons. The van der Waals surface area contributed by atoms with E-state index in [0.29, 0.717) is 12.3 Å². The second-order valence-electron chi connectivity index (χ2n) is 5.63. The third kappa shape index (κ3) is 5.90. The second kappa shape index (κ2) is 8.53. The Balaban J connectivity index is 1.62. The molecule has 1 N–H and O–H groups in total. The van der Waals surface area contributed by atoms with Gasteiger partial charge in [-0.1, -0.05) is 6.07 Å². The van der Waals surface area contributed by atoms with Crippen LogP contribution in [0.2, 0.25) is 0 Å². The summed E-state index contributed by atoms with van der Waals surface area (Å²) in [6.45, 7) is 4.64. The minimum Gasteiger partial charge on any atom is -0.482 e. The van der Waals surface area contributed by atoms with Crippen LogP contribution in [0.4, 0.5) is 0 Å². The minimum absolute atomic E-state index is 0.0720. The molecule has 1 aliphatic heterocycles. The number of amides is 1. The normalized spacial score (nSPS) is 16.9. The summed E-state index contributed by atoms with van der Waals surface area (Å²) in [6.07, 6.45) is 2.04. The molecule has 1 aliphatic rings. The number of hydrogen-bond acceptors (Lipinski definition) is 5. The van der Waals surface area contributed by atoms with Crippen LogP contribution in [0.3, 0.4) is 0 Å². The quantitative estimate of drug-likeness (QED) is 0.771. The summed E-state index contributed by atoms with van der Waals surface area (Å²) in [5, 5.41) is 2.69. The van der Waals surface area contributed by atoms with Gasteiger partial charge in [-0.2, -0.15) is 0 Å². The van der Waals surface area contributed by atoms with Crippen LogP contribution in [0.5, 0.6) is 5.75 Å². The molecule has 0 unspecified atom stereocenters. The summed E-state index contributed by atoms with van der Waals surface area (Å²) in [4.78, 5) is 23.2. The zero-order valence-electron chi connectivity index (χ0n) is 13.6. The van der Waals surface area contributed by atoms with Gasteiger partial charge in [0.25, 0.3) is 5.91 Å². The van der Waals surface area contributed by atoms with E-state index in [0.717, 1.165) is 30.6 Å². The van der Waals surface area contributed by atoms with E-state index in [1.165, 1.54) is 0 Å². The van der Waals surface area contributed by atoms with Crippen molar-refractivity contribution in [2.75, 3.05) is 26.4 Å². The van der Waals surface area contributed by atoms with Gasteiger partial charge in [0.05, 0.1) is 6.10 Å². The maximum absolute atomic E-state index is 11.6. The number of carbonyl (C=O) groups excluding carboxylic acids is 2. The average Bonchev–Trinajstić information content (AvgIpc) is 3.05. The van der Waals surface area contributed by atoms with E-state index < -0.39 is 5.97 Å². The van der Waals surface area contributed by atoms with Gasteiger partial charge in [0.1, 0.15) is 5.75 Å². The highest BCUT2D eigenvalue weighted by molar-refractivity contribution is 5.80. The molecule has 0 saturated carbocycles. The third-order valence-corrected chi connectivity index (χ3v) is 3.75. The Morgan fingerprint density at radius 1 is 1.26 bits per heavy atom. The fourth-order valence-corrected chi connectivity index (χ4v) is 2.22. The van der Waals surface area contributed by atoms with Crippen molar-refractivity contribution in [2.45, 2.75) is 32.8 Å². The van der Waals surface area contributed by atoms with Crippen molar-refractivity contribution in [2.24, 2.45) is 0 Å². The molecule has 6 nitrogen and oxygen atoms in total. The molecule has 0 bridgehead atoms. The number of aryl methyl sites for hydroxylation is 2. The van der Waals surface area contributed by atoms with Crippen molar-refractivity contribution in [3.63, 3.8) is 0 Å². The molecular formula is C17H23NO5. The van der Waals surface area contributed by atoms with E-state index in [9.17, 15) is 9.59 Å². The maximum Gasteiger partial charge on any atom is 0.344 e. The fraction of sp³-hybridized carbons (Fsp3) is 0.529. The molecule has 2 rings (SSSR count). The highest BCUT2D eigenvalue weighted by Crippen LogP contribution is 2.16. The first-order chi connectivity index (χ1) is 11.0. The Morgan fingerprint density at radius 2 is 2.09 bits per heavy atom. The molecule has 0 spiro atoms. The average molecular weight is 321 g/mol. The van der Waals surface area contributed by atoms with E-state index in [2.05, 4.69) is 5.32 Å². The van der Waals surface area contributed by atoms with Gasteiger partial charge in [0.2, 0.25) is 0 Å². The van der Waals surface area contributed by atoms with E-state index in [-0.39, 0.29) is 25.2 Å². The summed E-state index contributed by atoms with van der Waals surface area (Å²) in [7, 11) is 0. The largest absolute Gasteiger partial charge is 0.482 e. The van der Waals surface area contributed by atoms with Crippen molar-refractivity contribution >= 4 is 11.9 Å². The van der Waals surface area contributed by atoms with Gasteiger partial charge in [-0.3, -0.25) is 4.79 Å². The van der Waals surface area contributed by atoms with Gasteiger partial charge in [-0.05, 0) is 49.9 Å². The number of carbonyl (C=O) groups is 2. The van der Waals surface area contributed by atoms with Gasteiger partial charge in [-0.15, -0.1) is 0 Å². The summed E-state index contributed by atoms with van der Waals surface area (Å²) >= 11 is 0. The summed E-state index contributed by atoms with van der Waals surface area (Å²) < 4.78 is 15.6.